The molecular weight excluding hydrogens is 336 g/mol. The van der Waals surface area contributed by atoms with E-state index < -0.39 is 0 Å². The van der Waals surface area contributed by atoms with Gasteiger partial charge in [-0.15, -0.1) is 0 Å². The molecule has 0 spiro atoms. The predicted octanol–water partition coefficient (Wildman–Crippen LogP) is 4.87. The summed E-state index contributed by atoms with van der Waals surface area (Å²) >= 11 is 0. The molecule has 140 valence electrons. The molecule has 5 nitrogen and oxygen atoms in total. The van der Waals surface area contributed by atoms with E-state index in [4.69, 9.17) is 9.72 Å². The van der Waals surface area contributed by atoms with Gasteiger partial charge in [0, 0.05) is 36.1 Å². The Labute approximate surface area is 161 Å². The van der Waals surface area contributed by atoms with Gasteiger partial charge in [0.25, 0.3) is 0 Å². The van der Waals surface area contributed by atoms with Crippen LogP contribution in [0.3, 0.4) is 0 Å². The van der Waals surface area contributed by atoms with Gasteiger partial charge in [0.1, 0.15) is 11.6 Å². The van der Waals surface area contributed by atoms with E-state index in [9.17, 15) is 0 Å². The maximum absolute atomic E-state index is 5.42. The van der Waals surface area contributed by atoms with Gasteiger partial charge in [-0.3, -0.25) is 0 Å². The first-order valence-electron chi connectivity index (χ1n) is 9.16. The number of aryl methyl sites for hydroxylation is 2. The largest absolute Gasteiger partial charge is 0.496 e. The fraction of sp³-hybridized carbons (Fsp3) is 0.273. The highest BCUT2D eigenvalue weighted by atomic mass is 16.5. The highest BCUT2D eigenvalue weighted by molar-refractivity contribution is 5.59. The maximum Gasteiger partial charge on any atom is 0.232 e. The van der Waals surface area contributed by atoms with Crippen molar-refractivity contribution < 1.29 is 4.74 Å². The van der Waals surface area contributed by atoms with E-state index in [-0.39, 0.29) is 0 Å². The summed E-state index contributed by atoms with van der Waals surface area (Å²) in [6.07, 6.45) is 0. The average Bonchev–Trinajstić information content (AvgIpc) is 2.67. The zero-order valence-corrected chi connectivity index (χ0v) is 16.4. The second-order valence-corrected chi connectivity index (χ2v) is 6.44. The first-order valence-corrected chi connectivity index (χ1v) is 9.16. The molecule has 0 aliphatic heterocycles. The zero-order valence-electron chi connectivity index (χ0n) is 16.4. The smallest absolute Gasteiger partial charge is 0.232 e. The van der Waals surface area contributed by atoms with Crippen LogP contribution in [0, 0.1) is 13.8 Å². The topological polar surface area (TPSA) is 50.3 Å². The number of aromatic nitrogens is 2. The van der Waals surface area contributed by atoms with Crippen LogP contribution in [0.15, 0.2) is 54.6 Å². The molecule has 0 saturated carbocycles. The van der Waals surface area contributed by atoms with Gasteiger partial charge >= 0.3 is 0 Å². The maximum atomic E-state index is 5.42. The van der Waals surface area contributed by atoms with E-state index in [1.165, 1.54) is 5.56 Å². The highest BCUT2D eigenvalue weighted by Gasteiger charge is 2.13. The molecule has 1 heterocycles. The highest BCUT2D eigenvalue weighted by Crippen LogP contribution is 2.25. The number of nitrogens with one attached hydrogen (secondary N) is 1. The average molecular weight is 362 g/mol. The summed E-state index contributed by atoms with van der Waals surface area (Å²) in [4.78, 5) is 11.5. The minimum atomic E-state index is 0.635. The first kappa shape index (κ1) is 18.7. The molecule has 0 atom stereocenters. The lowest BCUT2D eigenvalue weighted by atomic mass is 10.2. The normalized spacial score (nSPS) is 10.5. The van der Waals surface area contributed by atoms with Crippen molar-refractivity contribution in [3.63, 3.8) is 0 Å². The summed E-state index contributed by atoms with van der Waals surface area (Å²) in [5.41, 5.74) is 4.32. The van der Waals surface area contributed by atoms with Crippen molar-refractivity contribution >= 4 is 17.5 Å². The lowest BCUT2D eigenvalue weighted by Crippen LogP contribution is -2.20. The van der Waals surface area contributed by atoms with Crippen LogP contribution in [0.1, 0.15) is 23.7 Å². The van der Waals surface area contributed by atoms with Crippen LogP contribution in [0.2, 0.25) is 0 Å². The molecule has 1 N–H and O–H groups in total. The standard InChI is InChI=1S/C22H26N4O/c1-5-26(19-11-8-9-16(2)13-19)22-24-17(3)14-21(25-22)23-15-18-10-6-7-12-20(18)27-4/h6-14H,5,15H2,1-4H3,(H,23,24,25). The molecule has 0 fully saturated rings. The monoisotopic (exact) mass is 362 g/mol. The van der Waals surface area contributed by atoms with E-state index in [0.29, 0.717) is 12.5 Å². The van der Waals surface area contributed by atoms with Crippen molar-refractivity contribution in [3.8, 4) is 5.75 Å². The number of nitrogens with zero attached hydrogens (tertiary/aromatic N) is 3. The number of para-hydroxylation sites is 1. The van der Waals surface area contributed by atoms with Gasteiger partial charge in [-0.25, -0.2) is 4.98 Å². The van der Waals surface area contributed by atoms with Gasteiger partial charge in [-0.05, 0) is 44.5 Å². The Kier molecular flexibility index (Phi) is 5.91. The number of hydrogen-bond acceptors (Lipinski definition) is 5. The zero-order chi connectivity index (χ0) is 19.2. The molecule has 5 heteroatoms. The molecular formula is C22H26N4O. The Morgan fingerprint density at radius 2 is 1.81 bits per heavy atom. The van der Waals surface area contributed by atoms with Crippen molar-refractivity contribution in [2.24, 2.45) is 0 Å². The van der Waals surface area contributed by atoms with Crippen LogP contribution >= 0.6 is 0 Å². The number of rotatable bonds is 7. The molecule has 27 heavy (non-hydrogen) atoms. The van der Waals surface area contributed by atoms with E-state index in [1.54, 1.807) is 7.11 Å². The number of anilines is 3. The predicted molar refractivity (Wildman–Crippen MR) is 111 cm³/mol. The Balaban J connectivity index is 1.85. The van der Waals surface area contributed by atoms with Crippen LogP contribution in [0.25, 0.3) is 0 Å². The summed E-state index contributed by atoms with van der Waals surface area (Å²) in [5, 5.41) is 3.40. The van der Waals surface area contributed by atoms with Crippen molar-refractivity contribution in [2.75, 3.05) is 23.9 Å². The van der Waals surface area contributed by atoms with E-state index >= 15 is 0 Å². The Morgan fingerprint density at radius 3 is 2.56 bits per heavy atom. The van der Waals surface area contributed by atoms with Gasteiger partial charge in [0.05, 0.1) is 7.11 Å². The number of ether oxygens (including phenoxy) is 1. The summed E-state index contributed by atoms with van der Waals surface area (Å²) in [6, 6.07) is 18.3. The second kappa shape index (κ2) is 8.54. The molecule has 1 aromatic heterocycles. The molecule has 3 rings (SSSR count). The van der Waals surface area contributed by atoms with Crippen LogP contribution in [0.4, 0.5) is 17.5 Å². The molecule has 0 radical (unpaired) electrons. The summed E-state index contributed by atoms with van der Waals surface area (Å²) in [6.45, 7) is 7.61. The van der Waals surface area contributed by atoms with Gasteiger partial charge in [0.15, 0.2) is 0 Å². The van der Waals surface area contributed by atoms with Crippen LogP contribution in [0.5, 0.6) is 5.75 Å². The van der Waals surface area contributed by atoms with E-state index in [0.717, 1.165) is 35.1 Å². The lowest BCUT2D eigenvalue weighted by Gasteiger charge is -2.22. The minimum Gasteiger partial charge on any atom is -0.496 e. The quantitative estimate of drug-likeness (QED) is 0.650. The van der Waals surface area contributed by atoms with E-state index in [2.05, 4.69) is 53.3 Å². The summed E-state index contributed by atoms with van der Waals surface area (Å²) < 4.78 is 5.42. The van der Waals surface area contributed by atoms with Crippen molar-refractivity contribution in [3.05, 3.63) is 71.4 Å². The number of methoxy groups -OCH3 is 1. The second-order valence-electron chi connectivity index (χ2n) is 6.44. The lowest BCUT2D eigenvalue weighted by molar-refractivity contribution is 0.410. The fourth-order valence-electron chi connectivity index (χ4n) is 3.03. The van der Waals surface area contributed by atoms with Crippen molar-refractivity contribution in [1.29, 1.82) is 0 Å². The van der Waals surface area contributed by atoms with Crippen molar-refractivity contribution in [1.82, 2.24) is 9.97 Å². The molecule has 0 amide bonds. The SMILES string of the molecule is CCN(c1cccc(C)c1)c1nc(C)cc(NCc2ccccc2OC)n1. The third-order valence-corrected chi connectivity index (χ3v) is 4.37. The van der Waals surface area contributed by atoms with Gasteiger partial charge in [0.2, 0.25) is 5.95 Å². The van der Waals surface area contributed by atoms with Gasteiger partial charge in [-0.1, -0.05) is 30.3 Å². The molecule has 0 bridgehead atoms. The van der Waals surface area contributed by atoms with E-state index in [1.807, 2.05) is 37.3 Å². The fourth-order valence-corrected chi connectivity index (χ4v) is 3.03. The van der Waals surface area contributed by atoms with Crippen LogP contribution < -0.4 is 15.0 Å². The Hall–Kier alpha value is -3.08. The van der Waals surface area contributed by atoms with Gasteiger partial charge in [-0.2, -0.15) is 4.98 Å². The van der Waals surface area contributed by atoms with Crippen LogP contribution in [-0.2, 0) is 6.54 Å². The molecule has 0 unspecified atom stereocenters. The molecule has 0 aliphatic carbocycles. The number of benzene rings is 2. The minimum absolute atomic E-state index is 0.635. The Bertz CT molecular complexity index is 910. The summed E-state index contributed by atoms with van der Waals surface area (Å²) in [7, 11) is 1.69. The molecule has 3 aromatic rings. The third-order valence-electron chi connectivity index (χ3n) is 4.37. The molecule has 0 aliphatic rings. The molecule has 2 aromatic carbocycles. The molecule has 0 saturated heterocycles. The summed E-state index contributed by atoms with van der Waals surface area (Å²) in [5.74, 6) is 2.37. The van der Waals surface area contributed by atoms with Crippen LogP contribution in [-0.4, -0.2) is 23.6 Å². The Morgan fingerprint density at radius 1 is 1.00 bits per heavy atom. The number of hydrogen-bond donors (Lipinski definition) is 1. The van der Waals surface area contributed by atoms with Crippen molar-refractivity contribution in [2.45, 2.75) is 27.3 Å². The first-order chi connectivity index (χ1) is 13.1. The van der Waals surface area contributed by atoms with Gasteiger partial charge < -0.3 is 15.0 Å². The third kappa shape index (κ3) is 4.56.